The van der Waals surface area contributed by atoms with Crippen molar-refractivity contribution in [1.29, 1.82) is 0 Å². The molecule has 0 saturated carbocycles. The minimum atomic E-state index is 0.361. The molecule has 0 saturated heterocycles. The molecule has 0 atom stereocenters. The van der Waals surface area contributed by atoms with E-state index >= 15 is 0 Å². The maximum atomic E-state index is 6.13. The first-order valence-electron chi connectivity index (χ1n) is 6.14. The molecule has 2 nitrogen and oxygen atoms in total. The Balaban J connectivity index is 1.81. The zero-order chi connectivity index (χ0) is 13.9. The summed E-state index contributed by atoms with van der Waals surface area (Å²) in [7, 11) is 0. The highest BCUT2D eigenvalue weighted by Gasteiger charge is 2.05. The molecule has 0 radical (unpaired) electrons. The third-order valence-electron chi connectivity index (χ3n) is 2.99. The minimum absolute atomic E-state index is 0.361. The van der Waals surface area contributed by atoms with Gasteiger partial charge in [0.05, 0.1) is 21.8 Å². The molecule has 0 fully saturated rings. The Labute approximate surface area is 126 Å². The van der Waals surface area contributed by atoms with Crippen molar-refractivity contribution in [2.75, 3.05) is 0 Å². The molecule has 20 heavy (non-hydrogen) atoms. The fourth-order valence-electron chi connectivity index (χ4n) is 1.95. The van der Waals surface area contributed by atoms with Crippen LogP contribution in [-0.4, -0.2) is 4.98 Å². The fraction of sp³-hybridized carbons (Fsp3) is 0.0625. The molecule has 1 heterocycles. The van der Waals surface area contributed by atoms with Gasteiger partial charge in [-0.2, -0.15) is 0 Å². The lowest BCUT2D eigenvalue weighted by atomic mass is 10.2. The predicted molar refractivity (Wildman–Crippen MR) is 82.5 cm³/mol. The third kappa shape index (κ3) is 2.72. The Morgan fingerprint density at radius 3 is 2.75 bits per heavy atom. The first kappa shape index (κ1) is 13.2. The lowest BCUT2D eigenvalue weighted by molar-refractivity contribution is 0.305. The summed E-state index contributed by atoms with van der Waals surface area (Å²) in [5.74, 6) is 0.708. The van der Waals surface area contributed by atoms with Crippen LogP contribution in [0, 0.1) is 0 Å². The van der Waals surface area contributed by atoms with Crippen molar-refractivity contribution < 1.29 is 4.74 Å². The van der Waals surface area contributed by atoms with Crippen LogP contribution in [0.4, 0.5) is 0 Å². The Bertz CT molecular complexity index is 758. The Morgan fingerprint density at radius 1 is 1.00 bits per heavy atom. The Hall–Kier alpha value is -1.77. The van der Waals surface area contributed by atoms with Gasteiger partial charge < -0.3 is 4.74 Å². The molecule has 0 aliphatic carbocycles. The van der Waals surface area contributed by atoms with Gasteiger partial charge in [0.1, 0.15) is 12.4 Å². The van der Waals surface area contributed by atoms with Crippen molar-refractivity contribution in [3.63, 3.8) is 0 Å². The van der Waals surface area contributed by atoms with Crippen LogP contribution in [0.2, 0.25) is 10.0 Å². The molecule has 0 amide bonds. The monoisotopic (exact) mass is 303 g/mol. The van der Waals surface area contributed by atoms with Crippen LogP contribution in [0.3, 0.4) is 0 Å². The van der Waals surface area contributed by atoms with Crippen LogP contribution in [0.1, 0.15) is 5.56 Å². The zero-order valence-corrected chi connectivity index (χ0v) is 12.0. The highest BCUT2D eigenvalue weighted by Crippen LogP contribution is 2.27. The molecular weight excluding hydrogens is 293 g/mol. The van der Waals surface area contributed by atoms with Gasteiger partial charge in [0.15, 0.2) is 0 Å². The average molecular weight is 304 g/mol. The SMILES string of the molecule is Clc1cccc(COc2cnc3ccccc3c2)c1Cl. The summed E-state index contributed by atoms with van der Waals surface area (Å²) in [6.45, 7) is 0.361. The molecule has 0 unspecified atom stereocenters. The average Bonchev–Trinajstić information content (AvgIpc) is 2.48. The molecule has 0 N–H and O–H groups in total. The molecule has 4 heteroatoms. The summed E-state index contributed by atoms with van der Waals surface area (Å²) in [4.78, 5) is 4.35. The van der Waals surface area contributed by atoms with Crippen molar-refractivity contribution in [3.8, 4) is 5.75 Å². The topological polar surface area (TPSA) is 22.1 Å². The molecule has 3 rings (SSSR count). The first-order valence-corrected chi connectivity index (χ1v) is 6.90. The van der Waals surface area contributed by atoms with Gasteiger partial charge >= 0.3 is 0 Å². The van der Waals surface area contributed by atoms with Gasteiger partial charge in [0, 0.05) is 10.9 Å². The first-order chi connectivity index (χ1) is 9.74. The largest absolute Gasteiger partial charge is 0.487 e. The molecule has 0 bridgehead atoms. The quantitative estimate of drug-likeness (QED) is 0.670. The van der Waals surface area contributed by atoms with Crippen molar-refractivity contribution in [1.82, 2.24) is 4.98 Å². The minimum Gasteiger partial charge on any atom is -0.487 e. The highest BCUT2D eigenvalue weighted by atomic mass is 35.5. The van der Waals surface area contributed by atoms with Crippen molar-refractivity contribution >= 4 is 34.1 Å². The van der Waals surface area contributed by atoms with Gasteiger partial charge in [-0.15, -0.1) is 0 Å². The summed E-state index contributed by atoms with van der Waals surface area (Å²) < 4.78 is 5.73. The number of hydrogen-bond acceptors (Lipinski definition) is 2. The van der Waals surface area contributed by atoms with E-state index in [9.17, 15) is 0 Å². The predicted octanol–water partition coefficient (Wildman–Crippen LogP) is 5.12. The van der Waals surface area contributed by atoms with Crippen molar-refractivity contribution in [3.05, 3.63) is 70.3 Å². The second kappa shape index (κ2) is 5.70. The van der Waals surface area contributed by atoms with Crippen LogP contribution in [0.25, 0.3) is 10.9 Å². The number of ether oxygens (including phenoxy) is 1. The summed E-state index contributed by atoms with van der Waals surface area (Å²) in [5, 5.41) is 2.11. The lowest BCUT2D eigenvalue weighted by Crippen LogP contribution is -1.97. The molecule has 100 valence electrons. The highest BCUT2D eigenvalue weighted by molar-refractivity contribution is 6.42. The number of aromatic nitrogens is 1. The number of pyridine rings is 1. The van der Waals surface area contributed by atoms with E-state index in [0.29, 0.717) is 22.4 Å². The maximum Gasteiger partial charge on any atom is 0.138 e. The van der Waals surface area contributed by atoms with Gasteiger partial charge in [-0.3, -0.25) is 4.98 Å². The summed E-state index contributed by atoms with van der Waals surface area (Å²) in [6, 6.07) is 15.4. The number of halogens is 2. The number of fused-ring (bicyclic) bond motifs is 1. The number of para-hydroxylation sites is 1. The smallest absolute Gasteiger partial charge is 0.138 e. The molecule has 0 aliphatic rings. The van der Waals surface area contributed by atoms with Gasteiger partial charge in [-0.25, -0.2) is 0 Å². The van der Waals surface area contributed by atoms with E-state index in [1.165, 1.54) is 0 Å². The summed E-state index contributed by atoms with van der Waals surface area (Å²) in [6.07, 6.45) is 1.71. The third-order valence-corrected chi connectivity index (χ3v) is 3.85. The van der Waals surface area contributed by atoms with Crippen LogP contribution >= 0.6 is 23.2 Å². The van der Waals surface area contributed by atoms with Gasteiger partial charge in [0.2, 0.25) is 0 Å². The lowest BCUT2D eigenvalue weighted by Gasteiger charge is -2.09. The van der Waals surface area contributed by atoms with E-state index in [1.54, 1.807) is 12.3 Å². The standard InChI is InChI=1S/C16H11Cl2NO/c17-14-6-3-5-12(16(14)18)10-20-13-8-11-4-1-2-7-15(11)19-9-13/h1-9H,10H2. The van der Waals surface area contributed by atoms with E-state index in [1.807, 2.05) is 42.5 Å². The summed E-state index contributed by atoms with van der Waals surface area (Å²) in [5.41, 5.74) is 1.80. The molecule has 2 aromatic carbocycles. The van der Waals surface area contributed by atoms with Gasteiger partial charge in [0.25, 0.3) is 0 Å². The molecule has 3 aromatic rings. The molecular formula is C16H11Cl2NO. The van der Waals surface area contributed by atoms with E-state index in [2.05, 4.69) is 4.98 Å². The normalized spacial score (nSPS) is 10.7. The van der Waals surface area contributed by atoms with E-state index in [0.717, 1.165) is 16.5 Å². The second-order valence-corrected chi connectivity index (χ2v) is 5.15. The number of rotatable bonds is 3. The Kier molecular flexibility index (Phi) is 3.77. The van der Waals surface area contributed by atoms with Crippen molar-refractivity contribution in [2.24, 2.45) is 0 Å². The second-order valence-electron chi connectivity index (χ2n) is 4.37. The molecule has 1 aromatic heterocycles. The van der Waals surface area contributed by atoms with E-state index < -0.39 is 0 Å². The van der Waals surface area contributed by atoms with E-state index in [4.69, 9.17) is 27.9 Å². The number of hydrogen-bond donors (Lipinski definition) is 0. The number of nitrogens with zero attached hydrogens (tertiary/aromatic N) is 1. The van der Waals surface area contributed by atoms with Crippen LogP contribution in [-0.2, 0) is 6.61 Å². The fourth-order valence-corrected chi connectivity index (χ4v) is 2.33. The zero-order valence-electron chi connectivity index (χ0n) is 10.5. The Morgan fingerprint density at radius 2 is 1.85 bits per heavy atom. The van der Waals surface area contributed by atoms with Crippen molar-refractivity contribution in [2.45, 2.75) is 6.61 Å². The van der Waals surface area contributed by atoms with Crippen LogP contribution in [0.15, 0.2) is 54.7 Å². The molecule has 0 spiro atoms. The van der Waals surface area contributed by atoms with Gasteiger partial charge in [-0.1, -0.05) is 53.5 Å². The van der Waals surface area contributed by atoms with Crippen LogP contribution < -0.4 is 4.74 Å². The maximum absolute atomic E-state index is 6.13. The summed E-state index contributed by atoms with van der Waals surface area (Å²) >= 11 is 12.1. The van der Waals surface area contributed by atoms with Crippen LogP contribution in [0.5, 0.6) is 5.75 Å². The van der Waals surface area contributed by atoms with Gasteiger partial charge in [-0.05, 0) is 18.2 Å². The number of benzene rings is 2. The van der Waals surface area contributed by atoms with E-state index in [-0.39, 0.29) is 0 Å². The molecule has 0 aliphatic heterocycles.